The Hall–Kier alpha value is -2.53. The highest BCUT2D eigenvalue weighted by Gasteiger charge is 2.13. The molecule has 0 unspecified atom stereocenters. The van der Waals surface area contributed by atoms with E-state index in [2.05, 4.69) is 43.2 Å². The molecule has 5 nitrogen and oxygen atoms in total. The van der Waals surface area contributed by atoms with E-state index in [1.165, 1.54) is 16.5 Å². The number of ether oxygens (including phenoxy) is 1. The number of methoxy groups -OCH3 is 1. The van der Waals surface area contributed by atoms with E-state index >= 15 is 0 Å². The summed E-state index contributed by atoms with van der Waals surface area (Å²) in [6.07, 6.45) is 0. The van der Waals surface area contributed by atoms with E-state index in [1.54, 1.807) is 19.2 Å². The molecule has 1 amide bonds. The molecule has 0 saturated carbocycles. The zero-order chi connectivity index (χ0) is 17.3. The van der Waals surface area contributed by atoms with Crippen LogP contribution in [0.2, 0.25) is 0 Å². The lowest BCUT2D eigenvalue weighted by atomic mass is 10.0. The molecule has 1 aromatic carbocycles. The minimum Gasteiger partial charge on any atom is -0.453 e. The lowest BCUT2D eigenvalue weighted by Gasteiger charge is -2.07. The van der Waals surface area contributed by atoms with Gasteiger partial charge < -0.3 is 19.5 Å². The van der Waals surface area contributed by atoms with Crippen LogP contribution >= 0.6 is 0 Å². The Morgan fingerprint density at radius 3 is 2.79 bits per heavy atom. The van der Waals surface area contributed by atoms with Gasteiger partial charge in [0.25, 0.3) is 5.91 Å². The minimum atomic E-state index is -0.230. The number of fused-ring (bicyclic) bond motifs is 1. The first-order valence-electron chi connectivity index (χ1n) is 7.94. The summed E-state index contributed by atoms with van der Waals surface area (Å²) in [5, 5.41) is 4.13. The standard InChI is InChI=1S/C19H22N2O3/c1-11-7-14(18-16(8-11)12(2)13(3)21-18)9-20-19(22)17-6-5-15(24-17)10-23-4/h5-8,21H,9-10H2,1-4H3,(H,20,22). The number of hydrogen-bond acceptors (Lipinski definition) is 3. The van der Waals surface area contributed by atoms with Crippen molar-refractivity contribution in [2.75, 3.05) is 7.11 Å². The number of carbonyl (C=O) groups is 1. The second-order valence-corrected chi connectivity index (χ2v) is 6.10. The van der Waals surface area contributed by atoms with Crippen molar-refractivity contribution in [3.8, 4) is 0 Å². The lowest BCUT2D eigenvalue weighted by molar-refractivity contribution is 0.0914. The molecular formula is C19H22N2O3. The van der Waals surface area contributed by atoms with Gasteiger partial charge in [0.15, 0.2) is 5.76 Å². The molecule has 3 aromatic rings. The molecular weight excluding hydrogens is 304 g/mol. The Bertz CT molecular complexity index is 890. The molecule has 0 saturated heterocycles. The Balaban J connectivity index is 1.80. The summed E-state index contributed by atoms with van der Waals surface area (Å²) in [7, 11) is 1.59. The summed E-state index contributed by atoms with van der Waals surface area (Å²) in [4.78, 5) is 15.7. The number of hydrogen-bond donors (Lipinski definition) is 2. The van der Waals surface area contributed by atoms with Gasteiger partial charge in [-0.05, 0) is 50.1 Å². The molecule has 2 heterocycles. The van der Waals surface area contributed by atoms with Crippen LogP contribution in [0, 0.1) is 20.8 Å². The van der Waals surface area contributed by atoms with E-state index in [1.807, 2.05) is 0 Å². The quantitative estimate of drug-likeness (QED) is 0.750. The summed E-state index contributed by atoms with van der Waals surface area (Å²) in [5.74, 6) is 0.702. The van der Waals surface area contributed by atoms with Gasteiger partial charge in [0.2, 0.25) is 0 Å². The molecule has 5 heteroatoms. The van der Waals surface area contributed by atoms with Crippen molar-refractivity contribution < 1.29 is 13.9 Å². The van der Waals surface area contributed by atoms with Crippen molar-refractivity contribution in [2.24, 2.45) is 0 Å². The van der Waals surface area contributed by atoms with Gasteiger partial charge in [-0.3, -0.25) is 4.79 Å². The Labute approximate surface area is 141 Å². The summed E-state index contributed by atoms with van der Waals surface area (Å²) >= 11 is 0. The van der Waals surface area contributed by atoms with Crippen molar-refractivity contribution >= 4 is 16.8 Å². The second-order valence-electron chi connectivity index (χ2n) is 6.10. The van der Waals surface area contributed by atoms with E-state index in [-0.39, 0.29) is 5.91 Å². The van der Waals surface area contributed by atoms with Gasteiger partial charge in [-0.15, -0.1) is 0 Å². The third-order valence-electron chi connectivity index (χ3n) is 4.25. The van der Waals surface area contributed by atoms with Crippen molar-refractivity contribution in [1.82, 2.24) is 10.3 Å². The predicted molar refractivity (Wildman–Crippen MR) is 93.1 cm³/mol. The topological polar surface area (TPSA) is 67.3 Å². The highest BCUT2D eigenvalue weighted by atomic mass is 16.5. The first-order chi connectivity index (χ1) is 11.5. The molecule has 0 aliphatic carbocycles. The summed E-state index contributed by atoms with van der Waals surface area (Å²) in [6, 6.07) is 7.68. The SMILES string of the molecule is COCc1ccc(C(=O)NCc2cc(C)cc3c(C)c(C)[nH]c23)o1. The number of amides is 1. The smallest absolute Gasteiger partial charge is 0.287 e. The number of aromatic nitrogens is 1. The highest BCUT2D eigenvalue weighted by molar-refractivity contribution is 5.92. The number of aromatic amines is 1. The first-order valence-corrected chi connectivity index (χ1v) is 7.94. The number of nitrogens with one attached hydrogen (secondary N) is 2. The zero-order valence-electron chi connectivity index (χ0n) is 14.4. The number of benzene rings is 1. The van der Waals surface area contributed by atoms with Gasteiger partial charge in [0, 0.05) is 24.7 Å². The first kappa shape index (κ1) is 16.3. The predicted octanol–water partition coefficient (Wildman–Crippen LogP) is 3.76. The highest BCUT2D eigenvalue weighted by Crippen LogP contribution is 2.26. The number of furan rings is 1. The molecule has 0 radical (unpaired) electrons. The molecule has 0 atom stereocenters. The monoisotopic (exact) mass is 326 g/mol. The van der Waals surface area contributed by atoms with Gasteiger partial charge in [-0.25, -0.2) is 0 Å². The van der Waals surface area contributed by atoms with Crippen LogP contribution in [0.15, 0.2) is 28.7 Å². The fourth-order valence-electron chi connectivity index (χ4n) is 2.91. The van der Waals surface area contributed by atoms with Crippen LogP contribution in [0.3, 0.4) is 0 Å². The molecule has 0 spiro atoms. The number of rotatable bonds is 5. The van der Waals surface area contributed by atoms with Crippen molar-refractivity contribution in [3.05, 3.63) is 58.2 Å². The van der Waals surface area contributed by atoms with Gasteiger partial charge in [-0.2, -0.15) is 0 Å². The Kier molecular flexibility index (Phi) is 4.44. The maximum absolute atomic E-state index is 12.3. The number of H-pyrrole nitrogens is 1. The lowest BCUT2D eigenvalue weighted by Crippen LogP contribution is -2.22. The largest absolute Gasteiger partial charge is 0.453 e. The molecule has 0 aliphatic heterocycles. The van der Waals surface area contributed by atoms with Crippen LogP contribution in [-0.4, -0.2) is 18.0 Å². The summed E-state index contributed by atoms with van der Waals surface area (Å²) in [5.41, 5.74) is 5.72. The van der Waals surface area contributed by atoms with Crippen LogP contribution < -0.4 is 5.32 Å². The summed E-state index contributed by atoms with van der Waals surface area (Å²) in [6.45, 7) is 7.03. The van der Waals surface area contributed by atoms with E-state index < -0.39 is 0 Å². The van der Waals surface area contributed by atoms with Crippen molar-refractivity contribution in [2.45, 2.75) is 33.9 Å². The maximum atomic E-state index is 12.3. The second kappa shape index (κ2) is 6.53. The maximum Gasteiger partial charge on any atom is 0.287 e. The van der Waals surface area contributed by atoms with Gasteiger partial charge in [-0.1, -0.05) is 11.6 Å². The molecule has 2 aromatic heterocycles. The normalized spacial score (nSPS) is 11.2. The van der Waals surface area contributed by atoms with E-state index in [0.717, 1.165) is 16.8 Å². The third-order valence-corrected chi connectivity index (χ3v) is 4.25. The Morgan fingerprint density at radius 1 is 1.25 bits per heavy atom. The van der Waals surface area contributed by atoms with Crippen molar-refractivity contribution in [1.29, 1.82) is 0 Å². The van der Waals surface area contributed by atoms with Gasteiger partial charge >= 0.3 is 0 Å². The molecule has 24 heavy (non-hydrogen) atoms. The molecule has 0 fully saturated rings. The molecule has 2 N–H and O–H groups in total. The van der Waals surface area contributed by atoms with E-state index in [9.17, 15) is 4.79 Å². The molecule has 3 rings (SSSR count). The zero-order valence-corrected chi connectivity index (χ0v) is 14.4. The van der Waals surface area contributed by atoms with Gasteiger partial charge in [0.1, 0.15) is 12.4 Å². The van der Waals surface area contributed by atoms with E-state index in [4.69, 9.17) is 9.15 Å². The number of aryl methyl sites for hydroxylation is 3. The fourth-order valence-corrected chi connectivity index (χ4v) is 2.91. The fraction of sp³-hybridized carbons (Fsp3) is 0.316. The van der Waals surface area contributed by atoms with Crippen molar-refractivity contribution in [3.63, 3.8) is 0 Å². The molecule has 0 bridgehead atoms. The van der Waals surface area contributed by atoms with Crippen LogP contribution in [0.1, 0.15) is 38.7 Å². The number of carbonyl (C=O) groups excluding carboxylic acids is 1. The van der Waals surface area contributed by atoms with Crippen LogP contribution in [-0.2, 0) is 17.9 Å². The third kappa shape index (κ3) is 3.08. The van der Waals surface area contributed by atoms with Crippen LogP contribution in [0.4, 0.5) is 0 Å². The average molecular weight is 326 g/mol. The summed E-state index contributed by atoms with van der Waals surface area (Å²) < 4.78 is 10.5. The minimum absolute atomic E-state index is 0.230. The molecule has 126 valence electrons. The van der Waals surface area contributed by atoms with Crippen LogP contribution in [0.25, 0.3) is 10.9 Å². The Morgan fingerprint density at radius 2 is 2.04 bits per heavy atom. The average Bonchev–Trinajstić information content (AvgIpc) is 3.12. The molecule has 0 aliphatic rings. The van der Waals surface area contributed by atoms with E-state index in [0.29, 0.717) is 24.7 Å². The van der Waals surface area contributed by atoms with Gasteiger partial charge in [0.05, 0.1) is 5.52 Å². The van der Waals surface area contributed by atoms with Crippen LogP contribution in [0.5, 0.6) is 0 Å².